The van der Waals surface area contributed by atoms with Crippen molar-refractivity contribution in [2.45, 2.75) is 65.1 Å². The zero-order valence-electron chi connectivity index (χ0n) is 13.5. The Morgan fingerprint density at radius 3 is 2.30 bits per heavy atom. The van der Waals surface area contributed by atoms with E-state index < -0.39 is 0 Å². The van der Waals surface area contributed by atoms with Crippen molar-refractivity contribution in [3.63, 3.8) is 0 Å². The van der Waals surface area contributed by atoms with Gasteiger partial charge < -0.3 is 5.73 Å². The van der Waals surface area contributed by atoms with Gasteiger partial charge in [0.2, 0.25) is 0 Å². The molecule has 0 saturated heterocycles. The molecule has 2 atom stereocenters. The third-order valence-corrected chi connectivity index (χ3v) is 4.62. The van der Waals surface area contributed by atoms with Gasteiger partial charge in [0, 0.05) is 24.7 Å². The highest BCUT2D eigenvalue weighted by atomic mass is 15.2. The van der Waals surface area contributed by atoms with E-state index in [4.69, 9.17) is 5.73 Å². The summed E-state index contributed by atoms with van der Waals surface area (Å²) in [5.74, 6) is 0.694. The topological polar surface area (TPSA) is 29.3 Å². The van der Waals surface area contributed by atoms with E-state index in [1.807, 2.05) is 0 Å². The van der Waals surface area contributed by atoms with Crippen LogP contribution in [0.1, 0.15) is 70.2 Å². The molecule has 0 radical (unpaired) electrons. The lowest BCUT2D eigenvalue weighted by Crippen LogP contribution is -2.39. The molecule has 0 heterocycles. The summed E-state index contributed by atoms with van der Waals surface area (Å²) in [4.78, 5) is 2.72. The van der Waals surface area contributed by atoms with E-state index in [9.17, 15) is 0 Å². The van der Waals surface area contributed by atoms with Crippen LogP contribution in [0.4, 0.5) is 0 Å². The molecule has 1 aliphatic rings. The minimum Gasteiger partial charge on any atom is -0.324 e. The van der Waals surface area contributed by atoms with Crippen molar-refractivity contribution in [1.29, 1.82) is 0 Å². The number of rotatable bonds is 6. The molecule has 1 aliphatic carbocycles. The third-order valence-electron chi connectivity index (χ3n) is 4.62. The maximum Gasteiger partial charge on any atom is 0.0372 e. The van der Waals surface area contributed by atoms with E-state index in [0.717, 1.165) is 13.0 Å². The molecule has 2 heteroatoms. The van der Waals surface area contributed by atoms with Crippen molar-refractivity contribution in [3.05, 3.63) is 35.4 Å². The summed E-state index contributed by atoms with van der Waals surface area (Å²) in [5, 5.41) is 0. The fraction of sp³-hybridized carbons (Fsp3) is 0.667. The first kappa shape index (κ1) is 15.5. The van der Waals surface area contributed by atoms with E-state index in [-0.39, 0.29) is 6.04 Å². The van der Waals surface area contributed by atoms with Crippen LogP contribution in [0.2, 0.25) is 0 Å². The van der Waals surface area contributed by atoms with Gasteiger partial charge in [-0.2, -0.15) is 0 Å². The summed E-state index contributed by atoms with van der Waals surface area (Å²) < 4.78 is 0. The lowest BCUT2D eigenvalue weighted by Gasteiger charge is -2.37. The number of benzene rings is 1. The van der Waals surface area contributed by atoms with Crippen LogP contribution < -0.4 is 5.73 Å². The van der Waals surface area contributed by atoms with Crippen LogP contribution in [0.25, 0.3) is 0 Å². The van der Waals surface area contributed by atoms with E-state index in [1.165, 1.54) is 24.0 Å². The molecule has 2 rings (SSSR count). The van der Waals surface area contributed by atoms with Crippen molar-refractivity contribution in [1.82, 2.24) is 4.90 Å². The molecule has 0 fully saturated rings. The van der Waals surface area contributed by atoms with Crippen molar-refractivity contribution >= 4 is 0 Å². The molecule has 2 unspecified atom stereocenters. The maximum absolute atomic E-state index is 6.36. The first-order valence-electron chi connectivity index (χ1n) is 8.18. The Morgan fingerprint density at radius 1 is 1.15 bits per heavy atom. The van der Waals surface area contributed by atoms with Crippen molar-refractivity contribution in [2.75, 3.05) is 6.54 Å². The van der Waals surface area contributed by atoms with Gasteiger partial charge in [-0.1, -0.05) is 52.0 Å². The minimum atomic E-state index is 0.209. The summed E-state index contributed by atoms with van der Waals surface area (Å²) in [6.07, 6.45) is 3.51. The van der Waals surface area contributed by atoms with Crippen LogP contribution in [0, 0.1) is 5.92 Å². The number of nitrogens with zero attached hydrogens (tertiary/aromatic N) is 1. The average molecular weight is 274 g/mol. The smallest absolute Gasteiger partial charge is 0.0372 e. The summed E-state index contributed by atoms with van der Waals surface area (Å²) in [6.45, 7) is 10.4. The predicted octanol–water partition coefficient (Wildman–Crippen LogP) is 4.28. The second-order valence-corrected chi connectivity index (χ2v) is 6.55. The highest BCUT2D eigenvalue weighted by molar-refractivity contribution is 5.37. The van der Waals surface area contributed by atoms with Gasteiger partial charge in [0.1, 0.15) is 0 Å². The second-order valence-electron chi connectivity index (χ2n) is 6.55. The van der Waals surface area contributed by atoms with E-state index >= 15 is 0 Å². The van der Waals surface area contributed by atoms with Crippen molar-refractivity contribution in [3.8, 4) is 0 Å². The van der Waals surface area contributed by atoms with Crippen LogP contribution in [-0.4, -0.2) is 17.5 Å². The Balaban J connectivity index is 2.30. The first-order chi connectivity index (χ1) is 9.58. The lowest BCUT2D eigenvalue weighted by molar-refractivity contribution is 0.106. The summed E-state index contributed by atoms with van der Waals surface area (Å²) in [5.41, 5.74) is 9.19. The normalized spacial score (nSPS) is 22.0. The van der Waals surface area contributed by atoms with Gasteiger partial charge in [0.15, 0.2) is 0 Å². The Morgan fingerprint density at radius 2 is 1.75 bits per heavy atom. The maximum atomic E-state index is 6.36. The summed E-state index contributed by atoms with van der Waals surface area (Å²) >= 11 is 0. The predicted molar refractivity (Wildman–Crippen MR) is 86.6 cm³/mol. The van der Waals surface area contributed by atoms with Crippen LogP contribution in [-0.2, 0) is 0 Å². The number of fused-ring (bicyclic) bond motifs is 1. The Kier molecular flexibility index (Phi) is 5.22. The monoisotopic (exact) mass is 274 g/mol. The lowest BCUT2D eigenvalue weighted by atomic mass is 10.0. The van der Waals surface area contributed by atoms with Crippen LogP contribution in [0.3, 0.4) is 0 Å². The molecule has 0 bridgehead atoms. The summed E-state index contributed by atoms with van der Waals surface area (Å²) in [6, 6.07) is 10.1. The fourth-order valence-electron chi connectivity index (χ4n) is 3.67. The number of hydrogen-bond donors (Lipinski definition) is 1. The molecular formula is C18H30N2. The number of hydrogen-bond acceptors (Lipinski definition) is 2. The highest BCUT2D eigenvalue weighted by Gasteiger charge is 2.34. The molecule has 112 valence electrons. The largest absolute Gasteiger partial charge is 0.324 e. The molecule has 2 nitrogen and oxygen atoms in total. The second kappa shape index (κ2) is 6.73. The molecule has 20 heavy (non-hydrogen) atoms. The molecule has 1 aromatic carbocycles. The molecule has 1 aromatic rings. The van der Waals surface area contributed by atoms with Crippen molar-refractivity contribution < 1.29 is 0 Å². The van der Waals surface area contributed by atoms with Crippen LogP contribution in [0.15, 0.2) is 24.3 Å². The first-order valence-corrected chi connectivity index (χ1v) is 8.18. The van der Waals surface area contributed by atoms with Gasteiger partial charge in [0.05, 0.1) is 0 Å². The van der Waals surface area contributed by atoms with E-state index in [1.54, 1.807) is 0 Å². The van der Waals surface area contributed by atoms with E-state index in [2.05, 4.69) is 56.9 Å². The van der Waals surface area contributed by atoms with Crippen LogP contribution in [0.5, 0.6) is 0 Å². The van der Waals surface area contributed by atoms with Gasteiger partial charge >= 0.3 is 0 Å². The quantitative estimate of drug-likeness (QED) is 0.839. The van der Waals surface area contributed by atoms with Gasteiger partial charge in [0.25, 0.3) is 0 Å². The Hall–Kier alpha value is -0.860. The molecule has 0 saturated carbocycles. The molecule has 0 aromatic heterocycles. The molecule has 2 N–H and O–H groups in total. The number of nitrogens with two attached hydrogens (primary N) is 1. The van der Waals surface area contributed by atoms with Crippen LogP contribution >= 0.6 is 0 Å². The molecular weight excluding hydrogens is 244 g/mol. The summed E-state index contributed by atoms with van der Waals surface area (Å²) in [7, 11) is 0. The highest BCUT2D eigenvalue weighted by Crippen LogP contribution is 2.42. The SMILES string of the molecule is CCC(CC)N(CC(C)C)C1CC(N)c2ccccc21. The van der Waals surface area contributed by atoms with Gasteiger partial charge in [-0.3, -0.25) is 4.90 Å². The Bertz CT molecular complexity index is 423. The van der Waals surface area contributed by atoms with E-state index in [0.29, 0.717) is 18.0 Å². The third kappa shape index (κ3) is 3.07. The van der Waals surface area contributed by atoms with Gasteiger partial charge in [-0.05, 0) is 36.3 Å². The molecule has 0 spiro atoms. The fourth-order valence-corrected chi connectivity index (χ4v) is 3.67. The average Bonchev–Trinajstić information content (AvgIpc) is 2.76. The molecule has 0 amide bonds. The zero-order valence-corrected chi connectivity index (χ0v) is 13.5. The van der Waals surface area contributed by atoms with Gasteiger partial charge in [-0.25, -0.2) is 0 Å². The molecule has 0 aliphatic heterocycles. The van der Waals surface area contributed by atoms with Gasteiger partial charge in [-0.15, -0.1) is 0 Å². The Labute approximate surface area is 124 Å². The standard InChI is InChI=1S/C18H30N2/c1-5-14(6-2)20(12-13(3)4)18-11-17(19)15-9-7-8-10-16(15)18/h7-10,13-14,17-18H,5-6,11-12,19H2,1-4H3. The zero-order chi connectivity index (χ0) is 14.7. The van der Waals surface area contributed by atoms with Crippen molar-refractivity contribution in [2.24, 2.45) is 11.7 Å². The minimum absolute atomic E-state index is 0.209.